The molecule has 0 radical (unpaired) electrons. The minimum atomic E-state index is -0.481. The van der Waals surface area contributed by atoms with Crippen LogP contribution in [0.25, 0.3) is 0 Å². The molecule has 1 saturated heterocycles. The van der Waals surface area contributed by atoms with Crippen molar-refractivity contribution in [3.05, 3.63) is 29.3 Å². The van der Waals surface area contributed by atoms with E-state index in [1.165, 1.54) is 24.0 Å². The monoisotopic (exact) mass is 305 g/mol. The molecule has 1 fully saturated rings. The van der Waals surface area contributed by atoms with Crippen LogP contribution in [-0.2, 0) is 17.6 Å². The zero-order chi connectivity index (χ0) is 15.6. The average molecular weight is 305 g/mol. The van der Waals surface area contributed by atoms with Crippen LogP contribution in [0.5, 0.6) is 5.75 Å². The molecular formula is C18H27NO3. The van der Waals surface area contributed by atoms with Gasteiger partial charge in [0.1, 0.15) is 18.5 Å². The van der Waals surface area contributed by atoms with Crippen LogP contribution >= 0.6 is 0 Å². The molecular weight excluding hydrogens is 278 g/mol. The number of fused-ring (bicyclic) bond motifs is 1. The number of ether oxygens (including phenoxy) is 2. The SMILES string of the molecule is CC1(C)COCCN1CC(O)COc1ccc2c(c1)CCC2. The molecule has 2 aliphatic rings. The zero-order valence-corrected chi connectivity index (χ0v) is 13.7. The Kier molecular flexibility index (Phi) is 4.71. The number of rotatable bonds is 5. The van der Waals surface area contributed by atoms with E-state index in [1.54, 1.807) is 0 Å². The molecule has 0 saturated carbocycles. The Morgan fingerprint density at radius 3 is 2.95 bits per heavy atom. The Bertz CT molecular complexity index is 515. The van der Waals surface area contributed by atoms with E-state index in [-0.39, 0.29) is 5.54 Å². The standard InChI is InChI=1S/C18H27NO3/c1-18(2)13-21-9-8-19(18)11-16(20)12-22-17-7-6-14-4-3-5-15(14)10-17/h6-7,10,16,20H,3-5,8-9,11-13H2,1-2H3. The van der Waals surface area contributed by atoms with Crippen molar-refractivity contribution in [1.82, 2.24) is 4.90 Å². The van der Waals surface area contributed by atoms with E-state index in [1.807, 2.05) is 6.07 Å². The second-order valence-corrected chi connectivity index (χ2v) is 7.06. The number of nitrogens with zero attached hydrogens (tertiary/aromatic N) is 1. The molecule has 1 unspecified atom stereocenters. The van der Waals surface area contributed by atoms with Gasteiger partial charge in [-0.3, -0.25) is 4.90 Å². The molecule has 0 aromatic heterocycles. The van der Waals surface area contributed by atoms with Gasteiger partial charge in [0.05, 0.1) is 13.2 Å². The summed E-state index contributed by atoms with van der Waals surface area (Å²) in [6.07, 6.45) is 3.10. The molecule has 0 spiro atoms. The van der Waals surface area contributed by atoms with Crippen molar-refractivity contribution < 1.29 is 14.6 Å². The van der Waals surface area contributed by atoms with Crippen LogP contribution in [0.2, 0.25) is 0 Å². The first-order valence-corrected chi connectivity index (χ1v) is 8.30. The van der Waals surface area contributed by atoms with Crippen molar-refractivity contribution >= 4 is 0 Å². The summed E-state index contributed by atoms with van der Waals surface area (Å²) < 4.78 is 11.3. The number of hydrogen-bond acceptors (Lipinski definition) is 4. The summed E-state index contributed by atoms with van der Waals surface area (Å²) in [5.41, 5.74) is 2.83. The van der Waals surface area contributed by atoms with Crippen molar-refractivity contribution in [2.45, 2.75) is 44.8 Å². The van der Waals surface area contributed by atoms with E-state index >= 15 is 0 Å². The highest BCUT2D eigenvalue weighted by atomic mass is 16.5. The van der Waals surface area contributed by atoms with Crippen LogP contribution in [0.1, 0.15) is 31.4 Å². The second-order valence-electron chi connectivity index (χ2n) is 7.06. The van der Waals surface area contributed by atoms with E-state index in [4.69, 9.17) is 9.47 Å². The Hall–Kier alpha value is -1.10. The fourth-order valence-corrected chi connectivity index (χ4v) is 3.37. The number of aryl methyl sites for hydroxylation is 2. The average Bonchev–Trinajstić information content (AvgIpc) is 2.95. The van der Waals surface area contributed by atoms with Gasteiger partial charge in [0.2, 0.25) is 0 Å². The summed E-state index contributed by atoms with van der Waals surface area (Å²) in [5.74, 6) is 0.876. The van der Waals surface area contributed by atoms with Gasteiger partial charge < -0.3 is 14.6 Å². The zero-order valence-electron chi connectivity index (χ0n) is 13.7. The number of benzene rings is 1. The maximum Gasteiger partial charge on any atom is 0.119 e. The van der Waals surface area contributed by atoms with E-state index < -0.39 is 6.10 Å². The summed E-state index contributed by atoms with van der Waals surface area (Å²) in [5, 5.41) is 10.3. The lowest BCUT2D eigenvalue weighted by Gasteiger charge is -2.42. The smallest absolute Gasteiger partial charge is 0.119 e. The Labute approximate surface area is 133 Å². The van der Waals surface area contributed by atoms with Gasteiger partial charge in [-0.1, -0.05) is 6.07 Å². The summed E-state index contributed by atoms with van der Waals surface area (Å²) in [6, 6.07) is 6.32. The molecule has 4 heteroatoms. The van der Waals surface area contributed by atoms with E-state index in [9.17, 15) is 5.11 Å². The third-order valence-electron chi connectivity index (χ3n) is 4.76. The van der Waals surface area contributed by atoms with Gasteiger partial charge in [-0.2, -0.15) is 0 Å². The van der Waals surface area contributed by atoms with Crippen molar-refractivity contribution in [3.8, 4) is 5.75 Å². The van der Waals surface area contributed by atoms with Crippen LogP contribution in [-0.4, -0.2) is 54.6 Å². The van der Waals surface area contributed by atoms with Crippen LogP contribution in [0.3, 0.4) is 0 Å². The molecule has 1 aliphatic heterocycles. The third kappa shape index (κ3) is 3.62. The maximum absolute atomic E-state index is 10.3. The highest BCUT2D eigenvalue weighted by Crippen LogP contribution is 2.26. The molecule has 4 nitrogen and oxygen atoms in total. The van der Waals surface area contributed by atoms with Crippen LogP contribution in [0.4, 0.5) is 0 Å². The second kappa shape index (κ2) is 6.57. The van der Waals surface area contributed by atoms with Crippen molar-refractivity contribution in [2.75, 3.05) is 32.9 Å². The highest BCUT2D eigenvalue weighted by Gasteiger charge is 2.31. The fraction of sp³-hybridized carbons (Fsp3) is 0.667. The third-order valence-corrected chi connectivity index (χ3v) is 4.76. The number of morpholine rings is 1. The first kappa shape index (κ1) is 15.8. The van der Waals surface area contributed by atoms with Gasteiger partial charge in [0, 0.05) is 18.6 Å². The lowest BCUT2D eigenvalue weighted by Crippen LogP contribution is -2.55. The van der Waals surface area contributed by atoms with Crippen molar-refractivity contribution in [3.63, 3.8) is 0 Å². The van der Waals surface area contributed by atoms with Gasteiger partial charge in [0.15, 0.2) is 0 Å². The Balaban J connectivity index is 1.51. The Morgan fingerprint density at radius 2 is 2.14 bits per heavy atom. The van der Waals surface area contributed by atoms with Crippen LogP contribution < -0.4 is 4.74 Å². The van der Waals surface area contributed by atoms with Gasteiger partial charge in [0.25, 0.3) is 0 Å². The maximum atomic E-state index is 10.3. The van der Waals surface area contributed by atoms with E-state index in [2.05, 4.69) is 30.9 Å². The Morgan fingerprint density at radius 1 is 1.32 bits per heavy atom. The van der Waals surface area contributed by atoms with E-state index in [0.717, 1.165) is 25.3 Å². The molecule has 0 bridgehead atoms. The predicted molar refractivity (Wildman–Crippen MR) is 86.4 cm³/mol. The van der Waals surface area contributed by atoms with Crippen molar-refractivity contribution in [2.24, 2.45) is 0 Å². The lowest BCUT2D eigenvalue weighted by atomic mass is 10.0. The number of aliphatic hydroxyl groups is 1. The largest absolute Gasteiger partial charge is 0.491 e. The molecule has 22 heavy (non-hydrogen) atoms. The van der Waals surface area contributed by atoms with Gasteiger partial charge in [-0.15, -0.1) is 0 Å². The summed E-state index contributed by atoms with van der Waals surface area (Å²) >= 11 is 0. The topological polar surface area (TPSA) is 41.9 Å². The molecule has 0 amide bonds. The molecule has 1 heterocycles. The first-order chi connectivity index (χ1) is 10.5. The van der Waals surface area contributed by atoms with E-state index in [0.29, 0.717) is 19.8 Å². The number of aliphatic hydroxyl groups excluding tert-OH is 1. The molecule has 3 rings (SSSR count). The minimum Gasteiger partial charge on any atom is -0.491 e. The molecule has 1 N–H and O–H groups in total. The molecule has 122 valence electrons. The summed E-state index contributed by atoms with van der Waals surface area (Å²) in [4.78, 5) is 2.28. The predicted octanol–water partition coefficient (Wildman–Crippen LogP) is 2.03. The lowest BCUT2D eigenvalue weighted by molar-refractivity contribution is -0.0703. The first-order valence-electron chi connectivity index (χ1n) is 8.30. The molecule has 1 atom stereocenters. The quantitative estimate of drug-likeness (QED) is 0.904. The molecule has 1 aromatic rings. The van der Waals surface area contributed by atoms with Crippen molar-refractivity contribution in [1.29, 1.82) is 0 Å². The summed E-state index contributed by atoms with van der Waals surface area (Å²) in [6.45, 7) is 7.59. The normalized spacial score (nSPS) is 22.3. The van der Waals surface area contributed by atoms with Gasteiger partial charge in [-0.25, -0.2) is 0 Å². The molecule has 1 aliphatic carbocycles. The van der Waals surface area contributed by atoms with Gasteiger partial charge in [-0.05, 0) is 56.4 Å². The number of β-amino-alcohol motifs (C(OH)–C–C–N with tert-alkyl or cyclic N) is 1. The highest BCUT2D eigenvalue weighted by molar-refractivity contribution is 5.38. The van der Waals surface area contributed by atoms with Crippen LogP contribution in [0, 0.1) is 0 Å². The molecule has 1 aromatic carbocycles. The summed E-state index contributed by atoms with van der Waals surface area (Å²) in [7, 11) is 0. The van der Waals surface area contributed by atoms with Gasteiger partial charge >= 0.3 is 0 Å². The minimum absolute atomic E-state index is 0.0210. The fourth-order valence-electron chi connectivity index (χ4n) is 3.37. The number of hydrogen-bond donors (Lipinski definition) is 1. The van der Waals surface area contributed by atoms with Crippen LogP contribution in [0.15, 0.2) is 18.2 Å².